The van der Waals surface area contributed by atoms with Gasteiger partial charge in [0.25, 0.3) is 0 Å². The highest BCUT2D eigenvalue weighted by molar-refractivity contribution is 7.93. The Bertz CT molecular complexity index is 1210. The second-order valence-electron chi connectivity index (χ2n) is 7.92. The van der Waals surface area contributed by atoms with Crippen molar-refractivity contribution in [2.24, 2.45) is 0 Å². The van der Waals surface area contributed by atoms with Crippen molar-refractivity contribution in [2.45, 2.75) is 36.5 Å². The smallest absolute Gasteiger partial charge is 0.339 e. The number of Topliss-reactive ketones (excluding diaryl/α,β-unsaturated/α-hetero) is 1. The number of hydrogen-bond donors (Lipinski definition) is 0. The largest absolute Gasteiger partial charge is 0.456 e. The van der Waals surface area contributed by atoms with E-state index in [1.165, 1.54) is 24.3 Å². The maximum absolute atomic E-state index is 13.1. The summed E-state index contributed by atoms with van der Waals surface area (Å²) in [6.45, 7) is 8.96. The predicted octanol–water partition coefficient (Wildman–Crippen LogP) is 4.65. The zero-order chi connectivity index (χ0) is 22.1. The van der Waals surface area contributed by atoms with Crippen LogP contribution in [0.5, 0.6) is 0 Å². The zero-order valence-electron chi connectivity index (χ0n) is 17.1. The lowest BCUT2D eigenvalue weighted by Gasteiger charge is -2.20. The van der Waals surface area contributed by atoms with Crippen LogP contribution >= 0.6 is 0 Å². The third-order valence-electron chi connectivity index (χ3n) is 4.55. The molecular weight excluding hydrogens is 400 g/mol. The molecule has 1 radical (unpaired) electrons. The second-order valence-corrected chi connectivity index (χ2v) is 10.0. The van der Waals surface area contributed by atoms with Crippen LogP contribution in [-0.4, -0.2) is 31.0 Å². The summed E-state index contributed by atoms with van der Waals surface area (Å²) < 4.78 is 31.2. The number of rotatable bonds is 5. The Morgan fingerprint density at radius 3 is 1.90 bits per heavy atom. The maximum atomic E-state index is 13.1. The standard InChI is InChI=1S/C24H23O5S/c1-16(30(27,28)17-10-6-5-7-11-17)22(25)20-14-15-21(23(26)29-24(2,3)4)19-13-9-8-12-18(19)20/h5-16H,1H2,2-4H3/t16-/m0/s1. The molecule has 0 aliphatic rings. The first-order chi connectivity index (χ1) is 14.0. The molecule has 0 spiro atoms. The molecule has 1 atom stereocenters. The van der Waals surface area contributed by atoms with Gasteiger partial charge in [-0.3, -0.25) is 4.79 Å². The molecule has 0 saturated heterocycles. The lowest BCUT2D eigenvalue weighted by atomic mass is 9.96. The van der Waals surface area contributed by atoms with E-state index in [1.54, 1.807) is 63.2 Å². The van der Waals surface area contributed by atoms with Gasteiger partial charge in [-0.2, -0.15) is 0 Å². The van der Waals surface area contributed by atoms with Crippen molar-refractivity contribution in [3.63, 3.8) is 0 Å². The van der Waals surface area contributed by atoms with Crippen LogP contribution in [0.2, 0.25) is 0 Å². The first-order valence-electron chi connectivity index (χ1n) is 9.44. The van der Waals surface area contributed by atoms with Crippen LogP contribution in [0.25, 0.3) is 10.8 Å². The molecule has 0 aliphatic heterocycles. The minimum atomic E-state index is -3.96. The molecule has 0 unspecified atom stereocenters. The van der Waals surface area contributed by atoms with Gasteiger partial charge in [0.2, 0.25) is 0 Å². The van der Waals surface area contributed by atoms with E-state index in [1.807, 2.05) is 0 Å². The summed E-state index contributed by atoms with van der Waals surface area (Å²) in [5.74, 6) is -1.15. The normalized spacial score (nSPS) is 13.1. The number of carbonyl (C=O) groups is 2. The van der Waals surface area contributed by atoms with Crippen molar-refractivity contribution < 1.29 is 22.7 Å². The van der Waals surface area contributed by atoms with Crippen molar-refractivity contribution in [3.8, 4) is 0 Å². The van der Waals surface area contributed by atoms with Crippen molar-refractivity contribution >= 4 is 32.4 Å². The molecule has 0 amide bonds. The van der Waals surface area contributed by atoms with Crippen molar-refractivity contribution in [2.75, 3.05) is 0 Å². The number of esters is 1. The molecule has 0 bridgehead atoms. The second kappa shape index (κ2) is 8.03. The summed E-state index contributed by atoms with van der Waals surface area (Å²) in [6.07, 6.45) is 0. The van der Waals surface area contributed by atoms with Gasteiger partial charge in [-0.05, 0) is 62.7 Å². The Labute approximate surface area is 176 Å². The van der Waals surface area contributed by atoms with Crippen LogP contribution in [0.15, 0.2) is 71.6 Å². The average Bonchev–Trinajstić information content (AvgIpc) is 2.71. The number of hydrogen-bond acceptors (Lipinski definition) is 5. The average molecular weight is 424 g/mol. The van der Waals surface area contributed by atoms with Crippen molar-refractivity contribution in [3.05, 3.63) is 84.8 Å². The van der Waals surface area contributed by atoms with Crippen LogP contribution in [0.1, 0.15) is 41.5 Å². The highest BCUT2D eigenvalue weighted by Crippen LogP contribution is 2.28. The number of fused-ring (bicyclic) bond motifs is 1. The van der Waals surface area contributed by atoms with E-state index >= 15 is 0 Å². The molecule has 0 aromatic heterocycles. The third-order valence-corrected chi connectivity index (χ3v) is 6.44. The molecule has 0 N–H and O–H groups in total. The van der Waals surface area contributed by atoms with Gasteiger partial charge in [0.05, 0.1) is 10.5 Å². The van der Waals surface area contributed by atoms with Crippen molar-refractivity contribution in [1.29, 1.82) is 0 Å². The quantitative estimate of drug-likeness (QED) is 0.441. The summed E-state index contributed by atoms with van der Waals surface area (Å²) in [7, 11) is -3.96. The summed E-state index contributed by atoms with van der Waals surface area (Å²) in [5, 5.41) is -0.527. The molecule has 0 fully saturated rings. The fourth-order valence-electron chi connectivity index (χ4n) is 3.11. The number of benzene rings is 3. The van der Waals surface area contributed by atoms with Gasteiger partial charge in [-0.25, -0.2) is 13.2 Å². The van der Waals surface area contributed by atoms with E-state index in [0.717, 1.165) is 0 Å². The SMILES string of the molecule is [CH2][C@@H](C(=O)c1ccc(C(=O)OC(C)(C)C)c2ccccc12)S(=O)(=O)c1ccccc1. The van der Waals surface area contributed by atoms with Gasteiger partial charge in [-0.1, -0.05) is 42.5 Å². The van der Waals surface area contributed by atoms with Crippen LogP contribution < -0.4 is 0 Å². The zero-order valence-corrected chi connectivity index (χ0v) is 17.9. The minimum absolute atomic E-state index is 0.0352. The van der Waals surface area contributed by atoms with Gasteiger partial charge in [0.15, 0.2) is 15.6 Å². The van der Waals surface area contributed by atoms with Gasteiger partial charge in [0, 0.05) is 5.56 Å². The van der Waals surface area contributed by atoms with Crippen molar-refractivity contribution in [1.82, 2.24) is 0 Å². The Balaban J connectivity index is 2.06. The van der Waals surface area contributed by atoms with Crippen LogP contribution in [0.4, 0.5) is 0 Å². The summed E-state index contributed by atoms with van der Waals surface area (Å²) in [5.41, 5.74) is -0.171. The third kappa shape index (κ3) is 4.28. The minimum Gasteiger partial charge on any atom is -0.456 e. The number of ketones is 1. The lowest BCUT2D eigenvalue weighted by Crippen LogP contribution is -2.28. The monoisotopic (exact) mass is 423 g/mol. The van der Waals surface area contributed by atoms with Gasteiger partial charge in [-0.15, -0.1) is 0 Å². The molecule has 5 nitrogen and oxygen atoms in total. The molecule has 0 heterocycles. The molecule has 6 heteroatoms. The topological polar surface area (TPSA) is 77.5 Å². The van der Waals surface area contributed by atoms with Crippen LogP contribution in [0.3, 0.4) is 0 Å². The summed E-state index contributed by atoms with van der Waals surface area (Å²) in [6, 6.07) is 17.6. The van der Waals surface area contributed by atoms with E-state index in [4.69, 9.17) is 4.74 Å². The van der Waals surface area contributed by atoms with E-state index < -0.39 is 32.4 Å². The van der Waals surface area contributed by atoms with E-state index in [-0.39, 0.29) is 10.5 Å². The highest BCUT2D eigenvalue weighted by Gasteiger charge is 2.32. The lowest BCUT2D eigenvalue weighted by molar-refractivity contribution is 0.00716. The predicted molar refractivity (Wildman–Crippen MR) is 116 cm³/mol. The molecule has 155 valence electrons. The number of carbonyl (C=O) groups excluding carboxylic acids is 2. The first kappa shape index (κ1) is 21.7. The van der Waals surface area contributed by atoms with Gasteiger partial charge in [0.1, 0.15) is 10.9 Å². The molecule has 3 aromatic rings. The Morgan fingerprint density at radius 2 is 1.33 bits per heavy atom. The number of sulfone groups is 1. The highest BCUT2D eigenvalue weighted by atomic mass is 32.2. The van der Waals surface area contributed by atoms with Crippen LogP contribution in [0, 0.1) is 6.92 Å². The summed E-state index contributed by atoms with van der Waals surface area (Å²) >= 11 is 0. The Morgan fingerprint density at radius 1 is 0.833 bits per heavy atom. The van der Waals surface area contributed by atoms with E-state index in [0.29, 0.717) is 16.3 Å². The molecule has 3 rings (SSSR count). The van der Waals surface area contributed by atoms with E-state index in [9.17, 15) is 18.0 Å². The van der Waals surface area contributed by atoms with Gasteiger partial charge < -0.3 is 4.74 Å². The Hall–Kier alpha value is -2.99. The van der Waals surface area contributed by atoms with Gasteiger partial charge >= 0.3 is 5.97 Å². The molecule has 3 aromatic carbocycles. The van der Waals surface area contributed by atoms with Crippen LogP contribution in [-0.2, 0) is 14.6 Å². The fourth-order valence-corrected chi connectivity index (χ4v) is 4.39. The number of ether oxygens (including phenoxy) is 1. The van der Waals surface area contributed by atoms with E-state index in [2.05, 4.69) is 6.92 Å². The molecule has 30 heavy (non-hydrogen) atoms. The molecular formula is C24H23O5S. The Kier molecular flexibility index (Phi) is 5.81. The molecule has 0 aliphatic carbocycles. The maximum Gasteiger partial charge on any atom is 0.339 e. The first-order valence-corrected chi connectivity index (χ1v) is 11.0. The fraction of sp³-hybridized carbons (Fsp3) is 0.208. The summed E-state index contributed by atoms with van der Waals surface area (Å²) in [4.78, 5) is 25.8. The molecule has 0 saturated carbocycles.